The largest absolute Gasteiger partial charge is 0.342 e. The van der Waals surface area contributed by atoms with E-state index < -0.39 is 15.9 Å². The van der Waals surface area contributed by atoms with Crippen molar-refractivity contribution in [3.8, 4) is 0 Å². The van der Waals surface area contributed by atoms with Gasteiger partial charge in [0.05, 0.1) is 10.8 Å². The van der Waals surface area contributed by atoms with Crippen LogP contribution >= 0.6 is 0 Å². The van der Waals surface area contributed by atoms with Crippen molar-refractivity contribution < 1.29 is 22.4 Å². The van der Waals surface area contributed by atoms with Gasteiger partial charge >= 0.3 is 0 Å². The minimum atomic E-state index is -3.55. The summed E-state index contributed by atoms with van der Waals surface area (Å²) in [5, 5.41) is 2.80. The first-order valence-electron chi connectivity index (χ1n) is 11.7. The van der Waals surface area contributed by atoms with Crippen molar-refractivity contribution >= 4 is 27.5 Å². The van der Waals surface area contributed by atoms with Crippen LogP contribution in [0.3, 0.4) is 0 Å². The van der Waals surface area contributed by atoms with Crippen molar-refractivity contribution in [2.24, 2.45) is 11.8 Å². The predicted molar refractivity (Wildman–Crippen MR) is 127 cm³/mol. The predicted octanol–water partition coefficient (Wildman–Crippen LogP) is 3.28. The van der Waals surface area contributed by atoms with E-state index in [9.17, 15) is 22.4 Å². The number of rotatable bonds is 7. The highest BCUT2D eigenvalue weighted by Crippen LogP contribution is 2.25. The lowest BCUT2D eigenvalue weighted by Crippen LogP contribution is -2.39. The van der Waals surface area contributed by atoms with Crippen LogP contribution in [0.25, 0.3) is 0 Å². The minimum absolute atomic E-state index is 0.0838. The van der Waals surface area contributed by atoms with Gasteiger partial charge in [0, 0.05) is 38.3 Å². The molecule has 9 heteroatoms. The SMILES string of the molecule is C[C@H]1CCCN(S(=O)(=O)c2ccc(NC(=O)[C@@H]3CC(=O)N(CCc4ccc(F)cc4)C3)cc2)C1. The van der Waals surface area contributed by atoms with Gasteiger partial charge in [-0.25, -0.2) is 12.8 Å². The third kappa shape index (κ3) is 5.64. The van der Waals surface area contributed by atoms with E-state index >= 15 is 0 Å². The molecule has 0 aliphatic carbocycles. The van der Waals surface area contributed by atoms with Crippen molar-refractivity contribution in [3.63, 3.8) is 0 Å². The van der Waals surface area contributed by atoms with Crippen molar-refractivity contribution in [1.82, 2.24) is 9.21 Å². The molecule has 0 spiro atoms. The number of anilines is 1. The van der Waals surface area contributed by atoms with E-state index in [1.54, 1.807) is 29.2 Å². The third-order valence-corrected chi connectivity index (χ3v) is 8.43. The minimum Gasteiger partial charge on any atom is -0.342 e. The van der Waals surface area contributed by atoms with Crippen molar-refractivity contribution in [2.45, 2.75) is 37.5 Å². The van der Waals surface area contributed by atoms with Crippen molar-refractivity contribution in [2.75, 3.05) is 31.5 Å². The zero-order valence-electron chi connectivity index (χ0n) is 19.2. The third-order valence-electron chi connectivity index (χ3n) is 6.55. The molecule has 0 bridgehead atoms. The Hall–Kier alpha value is -2.78. The Bertz CT molecular complexity index is 1140. The topological polar surface area (TPSA) is 86.8 Å². The molecule has 2 aromatic rings. The second-order valence-electron chi connectivity index (χ2n) is 9.24. The van der Waals surface area contributed by atoms with E-state index in [0.29, 0.717) is 44.2 Å². The first-order valence-corrected chi connectivity index (χ1v) is 13.1. The maximum Gasteiger partial charge on any atom is 0.243 e. The number of benzene rings is 2. The number of piperidine rings is 1. The fourth-order valence-electron chi connectivity index (χ4n) is 4.55. The van der Waals surface area contributed by atoms with Crippen molar-refractivity contribution in [3.05, 3.63) is 59.9 Å². The molecule has 2 fully saturated rings. The van der Waals surface area contributed by atoms with Crippen LogP contribution in [0, 0.1) is 17.7 Å². The quantitative estimate of drug-likeness (QED) is 0.650. The van der Waals surface area contributed by atoms with Gasteiger partial charge in [0.2, 0.25) is 21.8 Å². The standard InChI is InChI=1S/C25H30FN3O4S/c1-18-3-2-13-29(16-18)34(32,33)23-10-8-22(9-11-23)27-25(31)20-15-24(30)28(17-20)14-12-19-4-6-21(26)7-5-19/h4-11,18,20H,2-3,12-17H2,1H3,(H,27,31)/t18-,20+/m0/s1. The number of likely N-dealkylation sites (tertiary alicyclic amines) is 1. The Morgan fingerprint density at radius 1 is 1.09 bits per heavy atom. The normalized spacial score (nSPS) is 21.6. The molecule has 182 valence electrons. The Morgan fingerprint density at radius 2 is 1.79 bits per heavy atom. The highest BCUT2D eigenvalue weighted by Gasteiger charge is 2.34. The van der Waals surface area contributed by atoms with Gasteiger partial charge in [-0.1, -0.05) is 19.1 Å². The summed E-state index contributed by atoms with van der Waals surface area (Å²) in [5.41, 5.74) is 1.42. The van der Waals surface area contributed by atoms with Gasteiger partial charge in [-0.2, -0.15) is 4.31 Å². The summed E-state index contributed by atoms with van der Waals surface area (Å²) in [6.07, 6.45) is 2.61. The molecule has 0 saturated carbocycles. The number of nitrogens with zero attached hydrogens (tertiary/aromatic N) is 2. The molecule has 2 atom stereocenters. The second-order valence-corrected chi connectivity index (χ2v) is 11.2. The molecule has 2 aliphatic rings. The summed E-state index contributed by atoms with van der Waals surface area (Å²) in [6.45, 7) is 3.89. The molecule has 2 amide bonds. The average molecular weight is 488 g/mol. The number of nitrogens with one attached hydrogen (secondary N) is 1. The molecular weight excluding hydrogens is 457 g/mol. The lowest BCUT2D eigenvalue weighted by atomic mass is 10.0. The highest BCUT2D eigenvalue weighted by atomic mass is 32.2. The van der Waals surface area contributed by atoms with Crippen molar-refractivity contribution in [1.29, 1.82) is 0 Å². The van der Waals surface area contributed by atoms with Crippen LogP contribution in [-0.4, -0.2) is 55.6 Å². The Balaban J connectivity index is 1.32. The number of halogens is 1. The monoisotopic (exact) mass is 487 g/mol. The number of carbonyl (C=O) groups is 2. The number of amides is 2. The molecule has 2 heterocycles. The molecule has 7 nitrogen and oxygen atoms in total. The van der Waals surface area contributed by atoms with Crippen LogP contribution in [0.1, 0.15) is 31.7 Å². The van der Waals surface area contributed by atoms with E-state index in [4.69, 9.17) is 0 Å². The maximum absolute atomic E-state index is 13.0. The summed E-state index contributed by atoms with van der Waals surface area (Å²) in [5.74, 6) is -0.785. The van der Waals surface area contributed by atoms with Crippen LogP contribution in [0.15, 0.2) is 53.4 Å². The number of hydrogen-bond donors (Lipinski definition) is 1. The first kappa shape index (κ1) is 24.3. The first-order chi connectivity index (χ1) is 16.2. The summed E-state index contributed by atoms with van der Waals surface area (Å²) in [6, 6.07) is 12.4. The lowest BCUT2D eigenvalue weighted by molar-refractivity contribution is -0.128. The zero-order valence-corrected chi connectivity index (χ0v) is 20.1. The van der Waals surface area contributed by atoms with E-state index in [1.165, 1.54) is 28.6 Å². The number of carbonyl (C=O) groups excluding carboxylic acids is 2. The second kappa shape index (κ2) is 10.2. The van der Waals surface area contributed by atoms with E-state index in [2.05, 4.69) is 12.2 Å². The van der Waals surface area contributed by atoms with E-state index in [-0.39, 0.29) is 28.9 Å². The Labute approximate surface area is 200 Å². The zero-order chi connectivity index (χ0) is 24.3. The van der Waals surface area contributed by atoms with E-state index in [0.717, 1.165) is 18.4 Å². The van der Waals surface area contributed by atoms with Crippen LogP contribution < -0.4 is 5.32 Å². The van der Waals surface area contributed by atoms with Gasteiger partial charge in [0.1, 0.15) is 5.82 Å². The molecule has 1 N–H and O–H groups in total. The lowest BCUT2D eigenvalue weighted by Gasteiger charge is -2.30. The average Bonchev–Trinajstić information content (AvgIpc) is 3.20. The fourth-order valence-corrected chi connectivity index (χ4v) is 6.15. The molecular formula is C25H30FN3O4S. The maximum atomic E-state index is 13.0. The molecule has 0 aromatic heterocycles. The summed E-state index contributed by atoms with van der Waals surface area (Å²) < 4.78 is 40.4. The van der Waals surface area contributed by atoms with Gasteiger partial charge in [-0.05, 0) is 67.1 Å². The summed E-state index contributed by atoms with van der Waals surface area (Å²) in [7, 11) is -3.55. The Morgan fingerprint density at radius 3 is 2.47 bits per heavy atom. The van der Waals surface area contributed by atoms with Gasteiger partial charge in [0.25, 0.3) is 0 Å². The van der Waals surface area contributed by atoms with Gasteiger partial charge in [-0.3, -0.25) is 9.59 Å². The molecule has 2 aliphatic heterocycles. The van der Waals surface area contributed by atoms with Crippen LogP contribution in [-0.2, 0) is 26.0 Å². The van der Waals surface area contributed by atoms with E-state index in [1.807, 2.05) is 0 Å². The van der Waals surface area contributed by atoms with Crippen LogP contribution in [0.5, 0.6) is 0 Å². The van der Waals surface area contributed by atoms with Gasteiger partial charge in [-0.15, -0.1) is 0 Å². The summed E-state index contributed by atoms with van der Waals surface area (Å²) >= 11 is 0. The van der Waals surface area contributed by atoms with Crippen LogP contribution in [0.2, 0.25) is 0 Å². The number of sulfonamides is 1. The molecule has 2 saturated heterocycles. The molecule has 0 unspecified atom stereocenters. The van der Waals surface area contributed by atoms with Crippen LogP contribution in [0.4, 0.5) is 10.1 Å². The highest BCUT2D eigenvalue weighted by molar-refractivity contribution is 7.89. The molecule has 0 radical (unpaired) electrons. The smallest absolute Gasteiger partial charge is 0.243 e. The Kier molecular flexibility index (Phi) is 7.33. The van der Waals surface area contributed by atoms with Gasteiger partial charge in [0.15, 0.2) is 0 Å². The summed E-state index contributed by atoms with van der Waals surface area (Å²) in [4.78, 5) is 27.0. The molecule has 2 aromatic carbocycles. The molecule has 4 rings (SSSR count). The number of hydrogen-bond acceptors (Lipinski definition) is 4. The molecule has 34 heavy (non-hydrogen) atoms. The van der Waals surface area contributed by atoms with Gasteiger partial charge < -0.3 is 10.2 Å². The fraction of sp³-hybridized carbons (Fsp3) is 0.440.